The predicted octanol–water partition coefficient (Wildman–Crippen LogP) is 4.18. The van der Waals surface area contributed by atoms with Gasteiger partial charge in [0.05, 0.1) is 30.3 Å². The van der Waals surface area contributed by atoms with Crippen LogP contribution in [0.5, 0.6) is 0 Å². The van der Waals surface area contributed by atoms with Crippen LogP contribution in [0.15, 0.2) is 48.5 Å². The molecule has 154 valence electrons. The second-order valence-corrected chi connectivity index (χ2v) is 6.66. The molecule has 0 unspecified atom stereocenters. The third-order valence-corrected chi connectivity index (χ3v) is 4.71. The second-order valence-electron chi connectivity index (χ2n) is 6.66. The molecule has 6 nitrogen and oxygen atoms in total. The van der Waals surface area contributed by atoms with Crippen LogP contribution < -0.4 is 0 Å². The second kappa shape index (κ2) is 9.26. The first-order valence-corrected chi connectivity index (χ1v) is 9.31. The van der Waals surface area contributed by atoms with Crippen LogP contribution in [-0.4, -0.2) is 29.8 Å². The van der Waals surface area contributed by atoms with E-state index in [2.05, 4.69) is 4.98 Å². The molecule has 0 radical (unpaired) electrons. The minimum absolute atomic E-state index is 0.0709. The third-order valence-electron chi connectivity index (χ3n) is 4.71. The Morgan fingerprint density at radius 2 is 1.70 bits per heavy atom. The van der Waals surface area contributed by atoms with Crippen LogP contribution in [0.3, 0.4) is 0 Å². The monoisotopic (exact) mass is 409 g/mol. The van der Waals surface area contributed by atoms with Gasteiger partial charge in [-0.05, 0) is 42.8 Å². The average Bonchev–Trinajstić information content (AvgIpc) is 2.76. The van der Waals surface area contributed by atoms with Gasteiger partial charge in [-0.25, -0.2) is 14.2 Å². The van der Waals surface area contributed by atoms with Crippen molar-refractivity contribution in [1.29, 1.82) is 0 Å². The molecule has 30 heavy (non-hydrogen) atoms. The Hall–Kier alpha value is -3.61. The zero-order chi connectivity index (χ0) is 21.7. The third kappa shape index (κ3) is 4.68. The summed E-state index contributed by atoms with van der Waals surface area (Å²) in [7, 11) is 1.27. The minimum atomic E-state index is -0.603. The van der Waals surface area contributed by atoms with Crippen molar-refractivity contribution in [2.75, 3.05) is 7.11 Å². The van der Waals surface area contributed by atoms with Gasteiger partial charge in [0.25, 0.3) is 0 Å². The van der Waals surface area contributed by atoms with E-state index in [0.29, 0.717) is 16.6 Å². The van der Waals surface area contributed by atoms with Crippen molar-refractivity contribution in [3.63, 3.8) is 0 Å². The molecule has 0 fully saturated rings. The number of para-hydroxylation sites is 1. The van der Waals surface area contributed by atoms with E-state index in [1.165, 1.54) is 31.4 Å². The predicted molar refractivity (Wildman–Crippen MR) is 108 cm³/mol. The number of Topliss-reactive ketones (excluding diaryl/α,β-unsaturated/α-hetero) is 1. The molecule has 7 heteroatoms. The van der Waals surface area contributed by atoms with Crippen LogP contribution in [0.1, 0.15) is 44.8 Å². The van der Waals surface area contributed by atoms with Gasteiger partial charge in [0, 0.05) is 17.4 Å². The van der Waals surface area contributed by atoms with Gasteiger partial charge >= 0.3 is 11.9 Å². The van der Waals surface area contributed by atoms with Crippen LogP contribution in [-0.2, 0) is 20.9 Å². The van der Waals surface area contributed by atoms with E-state index in [9.17, 15) is 18.8 Å². The number of carbonyl (C=O) groups is 3. The molecule has 3 aromatic rings. The van der Waals surface area contributed by atoms with Crippen molar-refractivity contribution in [1.82, 2.24) is 4.98 Å². The summed E-state index contributed by atoms with van der Waals surface area (Å²) in [6.07, 6.45) is -0.213. The highest BCUT2D eigenvalue weighted by molar-refractivity contribution is 5.98. The number of rotatable bonds is 7. The van der Waals surface area contributed by atoms with Gasteiger partial charge in [-0.1, -0.05) is 18.2 Å². The number of carbonyl (C=O) groups excluding carboxylic acids is 3. The lowest BCUT2D eigenvalue weighted by Gasteiger charge is -2.13. The summed E-state index contributed by atoms with van der Waals surface area (Å²) in [5.41, 5.74) is 2.22. The summed E-state index contributed by atoms with van der Waals surface area (Å²) in [5, 5.41) is 0.804. The molecule has 3 rings (SSSR count). The molecular weight excluding hydrogens is 389 g/mol. The number of ether oxygens (including phenoxy) is 2. The molecule has 0 saturated carbocycles. The normalized spacial score (nSPS) is 10.6. The average molecular weight is 409 g/mol. The number of esters is 2. The van der Waals surface area contributed by atoms with Crippen molar-refractivity contribution in [2.24, 2.45) is 0 Å². The summed E-state index contributed by atoms with van der Waals surface area (Å²) >= 11 is 0. The molecule has 0 aliphatic heterocycles. The molecular formula is C23H20FNO5. The molecule has 0 bridgehead atoms. The van der Waals surface area contributed by atoms with Crippen LogP contribution in [0.2, 0.25) is 0 Å². The molecule has 0 N–H and O–H groups in total. The number of hydrogen-bond donors (Lipinski definition) is 0. The smallest absolute Gasteiger partial charge is 0.340 e. The number of pyridine rings is 1. The Morgan fingerprint density at radius 3 is 2.40 bits per heavy atom. The van der Waals surface area contributed by atoms with E-state index in [4.69, 9.17) is 9.47 Å². The van der Waals surface area contributed by atoms with Crippen LogP contribution in [0, 0.1) is 12.7 Å². The number of ketones is 1. The maximum atomic E-state index is 12.9. The summed E-state index contributed by atoms with van der Waals surface area (Å²) in [6.45, 7) is 1.56. The number of halogens is 1. The van der Waals surface area contributed by atoms with E-state index in [1.54, 1.807) is 13.0 Å². The van der Waals surface area contributed by atoms with Gasteiger partial charge in [-0.15, -0.1) is 0 Å². The van der Waals surface area contributed by atoms with Crippen molar-refractivity contribution < 1.29 is 28.2 Å². The molecule has 0 saturated heterocycles. The van der Waals surface area contributed by atoms with Crippen molar-refractivity contribution in [3.05, 3.63) is 76.7 Å². The highest BCUT2D eigenvalue weighted by Gasteiger charge is 2.20. The van der Waals surface area contributed by atoms with Gasteiger partial charge in [0.2, 0.25) is 0 Å². The van der Waals surface area contributed by atoms with Crippen molar-refractivity contribution in [3.8, 4) is 0 Å². The molecule has 1 aromatic heterocycles. The lowest BCUT2D eigenvalue weighted by Crippen LogP contribution is -2.14. The van der Waals surface area contributed by atoms with Crippen molar-refractivity contribution >= 4 is 28.6 Å². The number of benzene rings is 2. The number of methoxy groups -OCH3 is 1. The first-order valence-electron chi connectivity index (χ1n) is 9.31. The molecule has 2 aromatic carbocycles. The van der Waals surface area contributed by atoms with E-state index in [-0.39, 0.29) is 36.5 Å². The Kier molecular flexibility index (Phi) is 6.51. The zero-order valence-corrected chi connectivity index (χ0v) is 16.6. The molecule has 0 spiro atoms. The Morgan fingerprint density at radius 1 is 1.00 bits per heavy atom. The van der Waals surface area contributed by atoms with Gasteiger partial charge in [0.15, 0.2) is 5.78 Å². The van der Waals surface area contributed by atoms with Crippen LogP contribution in [0.25, 0.3) is 10.9 Å². The molecule has 0 aliphatic rings. The molecule has 0 amide bonds. The number of nitrogens with zero attached hydrogens (tertiary/aromatic N) is 1. The maximum Gasteiger partial charge on any atom is 0.340 e. The standard InChI is InChI=1S/C23H20FNO5/c1-14-17-5-3-4-6-18(17)25-19(22(14)23(28)29-2)13-30-21(27)12-11-20(26)15-7-9-16(24)10-8-15/h3-10H,11-13H2,1-2H3. The lowest BCUT2D eigenvalue weighted by atomic mass is 10.0. The fourth-order valence-corrected chi connectivity index (χ4v) is 3.13. The Balaban J connectivity index is 1.70. The van der Waals surface area contributed by atoms with E-state index >= 15 is 0 Å². The van der Waals surface area contributed by atoms with E-state index in [0.717, 1.165) is 5.39 Å². The summed E-state index contributed by atoms with van der Waals surface area (Å²) < 4.78 is 23.1. The van der Waals surface area contributed by atoms with E-state index < -0.39 is 17.8 Å². The summed E-state index contributed by atoms with van der Waals surface area (Å²) in [4.78, 5) is 40.9. The fourth-order valence-electron chi connectivity index (χ4n) is 3.13. The number of aromatic nitrogens is 1. The largest absolute Gasteiger partial charge is 0.465 e. The van der Waals surface area contributed by atoms with Gasteiger partial charge in [-0.3, -0.25) is 9.59 Å². The quantitative estimate of drug-likeness (QED) is 0.430. The summed E-state index contributed by atoms with van der Waals surface area (Å²) in [5.74, 6) is -1.90. The molecule has 0 atom stereocenters. The van der Waals surface area contributed by atoms with Gasteiger partial charge in [0.1, 0.15) is 12.4 Å². The number of aryl methyl sites for hydroxylation is 1. The number of fused-ring (bicyclic) bond motifs is 1. The van der Waals surface area contributed by atoms with Crippen LogP contribution in [0.4, 0.5) is 4.39 Å². The van der Waals surface area contributed by atoms with Gasteiger partial charge < -0.3 is 9.47 Å². The molecule has 1 heterocycles. The molecule has 0 aliphatic carbocycles. The van der Waals surface area contributed by atoms with Crippen molar-refractivity contribution in [2.45, 2.75) is 26.4 Å². The first kappa shape index (κ1) is 21.1. The fraction of sp³-hybridized carbons (Fsp3) is 0.217. The summed E-state index contributed by atoms with van der Waals surface area (Å²) in [6, 6.07) is 12.4. The van der Waals surface area contributed by atoms with E-state index in [1.807, 2.05) is 18.2 Å². The first-order chi connectivity index (χ1) is 14.4. The topological polar surface area (TPSA) is 82.6 Å². The Bertz CT molecular complexity index is 1110. The lowest BCUT2D eigenvalue weighted by molar-refractivity contribution is -0.145. The minimum Gasteiger partial charge on any atom is -0.465 e. The maximum absolute atomic E-state index is 12.9. The highest BCUT2D eigenvalue weighted by atomic mass is 19.1. The highest BCUT2D eigenvalue weighted by Crippen LogP contribution is 2.24. The zero-order valence-electron chi connectivity index (χ0n) is 16.6. The van der Waals surface area contributed by atoms with Crippen LogP contribution >= 0.6 is 0 Å². The van der Waals surface area contributed by atoms with Gasteiger partial charge in [-0.2, -0.15) is 0 Å². The Labute approximate surface area is 172 Å². The number of hydrogen-bond acceptors (Lipinski definition) is 6. The SMILES string of the molecule is COC(=O)c1c(COC(=O)CCC(=O)c2ccc(F)cc2)nc2ccccc2c1C.